The van der Waals surface area contributed by atoms with Crippen LogP contribution in [0.25, 0.3) is 5.70 Å². The number of hydrogen-bond donors (Lipinski definition) is 1. The van der Waals surface area contributed by atoms with Crippen molar-refractivity contribution < 1.29 is 9.59 Å². The van der Waals surface area contributed by atoms with Gasteiger partial charge in [-0.25, -0.2) is 0 Å². The third-order valence-corrected chi connectivity index (χ3v) is 5.36. The van der Waals surface area contributed by atoms with E-state index in [1.165, 1.54) is 24.2 Å². The van der Waals surface area contributed by atoms with Gasteiger partial charge in [-0.05, 0) is 39.3 Å². The third kappa shape index (κ3) is 3.61. The molecular weight excluding hydrogens is 314 g/mol. The summed E-state index contributed by atoms with van der Waals surface area (Å²) in [7, 11) is 0. The first-order chi connectivity index (χ1) is 12.0. The Morgan fingerprint density at radius 2 is 2.04 bits per heavy atom. The predicted molar refractivity (Wildman–Crippen MR) is 99.0 cm³/mol. The summed E-state index contributed by atoms with van der Waals surface area (Å²) in [4.78, 5) is 28.7. The first-order valence-electron chi connectivity index (χ1n) is 9.11. The average molecular weight is 341 g/mol. The molecule has 1 fully saturated rings. The van der Waals surface area contributed by atoms with Crippen LogP contribution in [0.15, 0.2) is 30.8 Å². The van der Waals surface area contributed by atoms with Crippen molar-refractivity contribution in [3.63, 3.8) is 0 Å². The number of rotatable bonds is 5. The standard InChI is InChI=1S/C20H27N3O2/c1-14-8-6-7-11-22(14)15(2)12-21-19(24)13-23-16(3)17-9-4-5-10-18(17)20(23)25/h4-5,9-10,14-15H,3,6-8,11-13H2,1-2H3,(H,21,24)/t14-,15-/m0/s1. The maximum absolute atomic E-state index is 12.4. The molecule has 3 rings (SSSR count). The highest BCUT2D eigenvalue weighted by atomic mass is 16.2. The molecule has 1 aromatic carbocycles. The van der Waals surface area contributed by atoms with Gasteiger partial charge in [0.15, 0.2) is 0 Å². The van der Waals surface area contributed by atoms with Crippen molar-refractivity contribution in [3.05, 3.63) is 42.0 Å². The van der Waals surface area contributed by atoms with Crippen LogP contribution < -0.4 is 5.32 Å². The fourth-order valence-electron chi connectivity index (χ4n) is 3.86. The Bertz CT molecular complexity index is 650. The van der Waals surface area contributed by atoms with Crippen molar-refractivity contribution in [2.24, 2.45) is 0 Å². The molecule has 0 spiro atoms. The van der Waals surface area contributed by atoms with E-state index < -0.39 is 0 Å². The molecular formula is C20H27N3O2. The van der Waals surface area contributed by atoms with Gasteiger partial charge in [-0.15, -0.1) is 0 Å². The van der Waals surface area contributed by atoms with Crippen LogP contribution >= 0.6 is 0 Å². The lowest BCUT2D eigenvalue weighted by Gasteiger charge is -2.38. The molecule has 1 aromatic rings. The lowest BCUT2D eigenvalue weighted by molar-refractivity contribution is -0.121. The van der Waals surface area contributed by atoms with E-state index in [0.717, 1.165) is 12.1 Å². The topological polar surface area (TPSA) is 52.7 Å². The summed E-state index contributed by atoms with van der Waals surface area (Å²) in [6.07, 6.45) is 3.73. The van der Waals surface area contributed by atoms with Gasteiger partial charge >= 0.3 is 0 Å². The lowest BCUT2D eigenvalue weighted by atomic mass is 10.0. The van der Waals surface area contributed by atoms with E-state index in [1.54, 1.807) is 6.07 Å². The molecule has 134 valence electrons. The molecule has 2 atom stereocenters. The Hall–Kier alpha value is -2.14. The number of likely N-dealkylation sites (tertiary alicyclic amines) is 1. The zero-order chi connectivity index (χ0) is 18.0. The maximum atomic E-state index is 12.4. The predicted octanol–water partition coefficient (Wildman–Crippen LogP) is 2.49. The molecule has 5 heteroatoms. The summed E-state index contributed by atoms with van der Waals surface area (Å²) >= 11 is 0. The first kappa shape index (κ1) is 17.7. The SMILES string of the molecule is C=C1c2ccccc2C(=O)N1CC(=O)NC[C@H](C)N1CCCC[C@@H]1C. The van der Waals surface area contributed by atoms with Gasteiger partial charge in [0.1, 0.15) is 6.54 Å². The van der Waals surface area contributed by atoms with Gasteiger partial charge in [-0.3, -0.25) is 19.4 Å². The van der Waals surface area contributed by atoms with Crippen molar-refractivity contribution in [2.45, 2.75) is 45.2 Å². The molecule has 2 heterocycles. The number of carbonyl (C=O) groups is 2. The molecule has 2 aliphatic rings. The third-order valence-electron chi connectivity index (χ3n) is 5.36. The smallest absolute Gasteiger partial charge is 0.259 e. The van der Waals surface area contributed by atoms with Crippen LogP contribution in [0.4, 0.5) is 0 Å². The molecule has 25 heavy (non-hydrogen) atoms. The number of hydrogen-bond acceptors (Lipinski definition) is 3. The lowest BCUT2D eigenvalue weighted by Crippen LogP contribution is -2.49. The van der Waals surface area contributed by atoms with Crippen molar-refractivity contribution in [1.29, 1.82) is 0 Å². The zero-order valence-electron chi connectivity index (χ0n) is 15.1. The van der Waals surface area contributed by atoms with Gasteiger partial charge in [0, 0.05) is 35.5 Å². The van der Waals surface area contributed by atoms with Gasteiger partial charge in [0.2, 0.25) is 5.91 Å². The van der Waals surface area contributed by atoms with Crippen molar-refractivity contribution in [1.82, 2.24) is 15.1 Å². The van der Waals surface area contributed by atoms with Crippen molar-refractivity contribution >= 4 is 17.5 Å². The average Bonchev–Trinajstić information content (AvgIpc) is 2.85. The van der Waals surface area contributed by atoms with E-state index in [1.807, 2.05) is 18.2 Å². The number of nitrogens with one attached hydrogen (secondary N) is 1. The van der Waals surface area contributed by atoms with Crippen LogP contribution in [0.5, 0.6) is 0 Å². The zero-order valence-corrected chi connectivity index (χ0v) is 15.1. The van der Waals surface area contributed by atoms with E-state index in [-0.39, 0.29) is 18.4 Å². The number of carbonyl (C=O) groups excluding carboxylic acids is 2. The Morgan fingerprint density at radius 3 is 2.72 bits per heavy atom. The molecule has 5 nitrogen and oxygen atoms in total. The van der Waals surface area contributed by atoms with Gasteiger partial charge in [0.05, 0.1) is 0 Å². The van der Waals surface area contributed by atoms with Gasteiger partial charge in [0.25, 0.3) is 5.91 Å². The highest BCUT2D eigenvalue weighted by molar-refractivity contribution is 6.10. The van der Waals surface area contributed by atoms with Crippen LogP contribution in [0.2, 0.25) is 0 Å². The molecule has 2 amide bonds. The molecule has 0 unspecified atom stereocenters. The van der Waals surface area contributed by atoms with E-state index >= 15 is 0 Å². The largest absolute Gasteiger partial charge is 0.353 e. The highest BCUT2D eigenvalue weighted by Gasteiger charge is 2.32. The summed E-state index contributed by atoms with van der Waals surface area (Å²) in [6.45, 7) is 10.1. The fraction of sp³-hybridized carbons (Fsp3) is 0.500. The second-order valence-corrected chi connectivity index (χ2v) is 7.12. The summed E-state index contributed by atoms with van der Waals surface area (Å²) in [5, 5.41) is 2.98. The maximum Gasteiger partial charge on any atom is 0.259 e. The number of amides is 2. The molecule has 1 saturated heterocycles. The normalized spacial score (nSPS) is 22.0. The molecule has 0 aromatic heterocycles. The monoisotopic (exact) mass is 341 g/mol. The van der Waals surface area contributed by atoms with Crippen LogP contribution in [-0.4, -0.2) is 53.3 Å². The molecule has 0 saturated carbocycles. The quantitative estimate of drug-likeness (QED) is 0.895. The van der Waals surface area contributed by atoms with Crippen LogP contribution in [0.1, 0.15) is 49.0 Å². The summed E-state index contributed by atoms with van der Waals surface area (Å²) in [5.74, 6) is -0.285. The van der Waals surface area contributed by atoms with Crippen molar-refractivity contribution in [3.8, 4) is 0 Å². The van der Waals surface area contributed by atoms with Gasteiger partial charge in [-0.1, -0.05) is 31.2 Å². The first-order valence-corrected chi connectivity index (χ1v) is 9.11. The molecule has 0 aliphatic carbocycles. The highest BCUT2D eigenvalue weighted by Crippen LogP contribution is 2.30. The number of fused-ring (bicyclic) bond motifs is 1. The Labute approximate surface area is 149 Å². The molecule has 1 N–H and O–H groups in total. The number of benzene rings is 1. The fourth-order valence-corrected chi connectivity index (χ4v) is 3.86. The Balaban J connectivity index is 1.53. The summed E-state index contributed by atoms with van der Waals surface area (Å²) in [6, 6.07) is 8.22. The Morgan fingerprint density at radius 1 is 1.32 bits per heavy atom. The van der Waals surface area contributed by atoms with E-state index in [4.69, 9.17) is 0 Å². The minimum absolute atomic E-state index is 0.0224. The minimum atomic E-state index is -0.145. The number of nitrogens with zero attached hydrogens (tertiary/aromatic N) is 2. The van der Waals surface area contributed by atoms with E-state index in [0.29, 0.717) is 29.9 Å². The summed E-state index contributed by atoms with van der Waals surface area (Å²) in [5.41, 5.74) is 2.04. The number of piperidine rings is 1. The van der Waals surface area contributed by atoms with Gasteiger partial charge < -0.3 is 5.32 Å². The van der Waals surface area contributed by atoms with Crippen molar-refractivity contribution in [2.75, 3.05) is 19.6 Å². The van der Waals surface area contributed by atoms with E-state index in [9.17, 15) is 9.59 Å². The minimum Gasteiger partial charge on any atom is -0.353 e. The van der Waals surface area contributed by atoms with Crippen LogP contribution in [0.3, 0.4) is 0 Å². The van der Waals surface area contributed by atoms with Crippen LogP contribution in [-0.2, 0) is 4.79 Å². The second kappa shape index (κ2) is 7.40. The molecule has 0 radical (unpaired) electrons. The molecule has 2 aliphatic heterocycles. The Kier molecular flexibility index (Phi) is 5.23. The van der Waals surface area contributed by atoms with Gasteiger partial charge in [-0.2, -0.15) is 0 Å². The van der Waals surface area contributed by atoms with Crippen LogP contribution in [0, 0.1) is 0 Å². The summed E-state index contributed by atoms with van der Waals surface area (Å²) < 4.78 is 0. The molecule has 0 bridgehead atoms. The van der Waals surface area contributed by atoms with E-state index in [2.05, 4.69) is 30.6 Å². The second-order valence-electron chi connectivity index (χ2n) is 7.12.